The van der Waals surface area contributed by atoms with Gasteiger partial charge in [-0.05, 0) is 55.3 Å². The molecule has 2 amide bonds. The summed E-state index contributed by atoms with van der Waals surface area (Å²) in [7, 11) is 0. The van der Waals surface area contributed by atoms with Gasteiger partial charge in [0.05, 0.1) is 6.54 Å². The summed E-state index contributed by atoms with van der Waals surface area (Å²) in [6.45, 7) is 1.80. The van der Waals surface area contributed by atoms with E-state index in [0.29, 0.717) is 16.3 Å². The number of hydrogen-bond acceptors (Lipinski definition) is 3. The quantitative estimate of drug-likeness (QED) is 0.801. The number of likely N-dealkylation sites (tertiary alicyclic amines) is 1. The van der Waals surface area contributed by atoms with Gasteiger partial charge in [0.2, 0.25) is 5.91 Å². The molecule has 1 aliphatic rings. The zero-order chi connectivity index (χ0) is 19.1. The highest BCUT2D eigenvalue weighted by Crippen LogP contribution is 2.16. The maximum atomic E-state index is 12.6. The van der Waals surface area contributed by atoms with Gasteiger partial charge >= 0.3 is 0 Å². The minimum atomic E-state index is -0.165. The van der Waals surface area contributed by atoms with E-state index in [1.165, 1.54) is 12.8 Å². The maximum Gasteiger partial charge on any atom is 0.253 e. The molecule has 6 heteroatoms. The number of nitrogens with one attached hydrogen (secondary N) is 2. The van der Waals surface area contributed by atoms with Crippen molar-refractivity contribution >= 4 is 34.8 Å². The lowest BCUT2D eigenvalue weighted by Crippen LogP contribution is -2.31. The van der Waals surface area contributed by atoms with Gasteiger partial charge in [0.15, 0.2) is 0 Å². The third-order valence-electron chi connectivity index (χ3n) is 4.59. The number of halogens is 1. The van der Waals surface area contributed by atoms with Gasteiger partial charge < -0.3 is 15.5 Å². The Hall–Kier alpha value is -2.53. The first-order valence-electron chi connectivity index (χ1n) is 9.30. The second kappa shape index (κ2) is 9.42. The molecular formula is C21H24ClN3O2. The molecule has 2 aromatic rings. The molecule has 1 aliphatic heterocycles. The molecule has 1 heterocycles. The summed E-state index contributed by atoms with van der Waals surface area (Å²) < 4.78 is 0. The minimum Gasteiger partial charge on any atom is -0.376 e. The van der Waals surface area contributed by atoms with Gasteiger partial charge in [0, 0.05) is 35.1 Å². The molecule has 0 aromatic heterocycles. The van der Waals surface area contributed by atoms with Crippen LogP contribution in [0.15, 0.2) is 48.5 Å². The highest BCUT2D eigenvalue weighted by molar-refractivity contribution is 6.30. The standard InChI is InChI=1S/C21H24ClN3O2/c22-17-6-5-7-19(14-17)24-20(26)15-23-18-10-8-16(9-11-18)21(27)25-12-3-1-2-4-13-25/h5-11,14,23H,1-4,12-13,15H2,(H,24,26). The Balaban J connectivity index is 1.51. The molecule has 5 nitrogen and oxygen atoms in total. The Labute approximate surface area is 164 Å². The maximum absolute atomic E-state index is 12.6. The summed E-state index contributed by atoms with van der Waals surface area (Å²) in [5.74, 6) is -0.0795. The molecule has 0 radical (unpaired) electrons. The molecule has 3 rings (SSSR count). The van der Waals surface area contributed by atoms with Crippen LogP contribution in [-0.4, -0.2) is 36.3 Å². The Kier molecular flexibility index (Phi) is 6.71. The third kappa shape index (κ3) is 5.73. The number of hydrogen-bond donors (Lipinski definition) is 2. The lowest BCUT2D eigenvalue weighted by molar-refractivity contribution is -0.114. The van der Waals surface area contributed by atoms with Crippen molar-refractivity contribution in [3.8, 4) is 0 Å². The van der Waals surface area contributed by atoms with Crippen LogP contribution in [0.4, 0.5) is 11.4 Å². The molecule has 2 aromatic carbocycles. The van der Waals surface area contributed by atoms with Crippen LogP contribution >= 0.6 is 11.6 Å². The SMILES string of the molecule is O=C(CNc1ccc(C(=O)N2CCCCCC2)cc1)Nc1cccc(Cl)c1. The average Bonchev–Trinajstić information content (AvgIpc) is 2.96. The number of carbonyl (C=O) groups excluding carboxylic acids is 2. The molecule has 0 aliphatic carbocycles. The van der Waals surface area contributed by atoms with Crippen molar-refractivity contribution in [1.29, 1.82) is 0 Å². The second-order valence-corrected chi connectivity index (χ2v) is 7.13. The molecule has 0 unspecified atom stereocenters. The number of anilines is 2. The molecule has 1 saturated heterocycles. The number of nitrogens with zero attached hydrogens (tertiary/aromatic N) is 1. The summed E-state index contributed by atoms with van der Waals surface area (Å²) >= 11 is 5.91. The fourth-order valence-electron chi connectivity index (χ4n) is 3.14. The highest BCUT2D eigenvalue weighted by atomic mass is 35.5. The lowest BCUT2D eigenvalue weighted by atomic mass is 10.1. The first-order valence-corrected chi connectivity index (χ1v) is 9.68. The van der Waals surface area contributed by atoms with E-state index in [4.69, 9.17) is 11.6 Å². The Morgan fingerprint density at radius 1 is 0.926 bits per heavy atom. The van der Waals surface area contributed by atoms with Crippen LogP contribution in [0.25, 0.3) is 0 Å². The summed E-state index contributed by atoms with van der Waals surface area (Å²) in [4.78, 5) is 26.6. The summed E-state index contributed by atoms with van der Waals surface area (Å²) in [6, 6.07) is 14.3. The van der Waals surface area contributed by atoms with Crippen LogP contribution < -0.4 is 10.6 Å². The van der Waals surface area contributed by atoms with E-state index in [1.807, 2.05) is 29.2 Å². The van der Waals surface area contributed by atoms with Crippen molar-refractivity contribution in [1.82, 2.24) is 4.90 Å². The van der Waals surface area contributed by atoms with Crippen LogP contribution in [0.5, 0.6) is 0 Å². The highest BCUT2D eigenvalue weighted by Gasteiger charge is 2.17. The number of rotatable bonds is 5. The zero-order valence-electron chi connectivity index (χ0n) is 15.2. The zero-order valence-corrected chi connectivity index (χ0v) is 16.0. The molecule has 2 N–H and O–H groups in total. The van der Waals surface area contributed by atoms with Crippen molar-refractivity contribution < 1.29 is 9.59 Å². The molecule has 27 heavy (non-hydrogen) atoms. The third-order valence-corrected chi connectivity index (χ3v) is 4.82. The topological polar surface area (TPSA) is 61.4 Å². The molecule has 0 saturated carbocycles. The van der Waals surface area contributed by atoms with Crippen molar-refractivity contribution in [2.75, 3.05) is 30.3 Å². The predicted octanol–water partition coefficient (Wildman–Crippen LogP) is 4.41. The fourth-order valence-corrected chi connectivity index (χ4v) is 3.33. The second-order valence-electron chi connectivity index (χ2n) is 6.70. The minimum absolute atomic E-state index is 0.0853. The lowest BCUT2D eigenvalue weighted by Gasteiger charge is -2.20. The van der Waals surface area contributed by atoms with Gasteiger partial charge in [-0.25, -0.2) is 0 Å². The van der Waals surface area contributed by atoms with Gasteiger partial charge in [0.25, 0.3) is 5.91 Å². The summed E-state index contributed by atoms with van der Waals surface area (Å²) in [5, 5.41) is 6.42. The van der Waals surface area contributed by atoms with Crippen molar-refractivity contribution in [3.05, 3.63) is 59.1 Å². The molecular weight excluding hydrogens is 362 g/mol. The number of amides is 2. The monoisotopic (exact) mass is 385 g/mol. The van der Waals surface area contributed by atoms with Crippen LogP contribution in [-0.2, 0) is 4.79 Å². The average molecular weight is 386 g/mol. The van der Waals surface area contributed by atoms with E-state index in [9.17, 15) is 9.59 Å². The van der Waals surface area contributed by atoms with E-state index in [2.05, 4.69) is 10.6 Å². The fraction of sp³-hybridized carbons (Fsp3) is 0.333. The van der Waals surface area contributed by atoms with E-state index < -0.39 is 0 Å². The first kappa shape index (κ1) is 19.2. The number of carbonyl (C=O) groups is 2. The predicted molar refractivity (Wildman–Crippen MR) is 109 cm³/mol. The molecule has 0 atom stereocenters. The Morgan fingerprint density at radius 3 is 2.30 bits per heavy atom. The first-order chi connectivity index (χ1) is 13.1. The normalized spacial score (nSPS) is 14.3. The molecule has 142 valence electrons. The Morgan fingerprint density at radius 2 is 1.63 bits per heavy atom. The molecule has 0 spiro atoms. The van der Waals surface area contributed by atoms with Crippen molar-refractivity contribution in [2.45, 2.75) is 25.7 Å². The van der Waals surface area contributed by atoms with Crippen LogP contribution in [0, 0.1) is 0 Å². The van der Waals surface area contributed by atoms with Gasteiger partial charge in [-0.1, -0.05) is 30.5 Å². The van der Waals surface area contributed by atoms with E-state index >= 15 is 0 Å². The number of benzene rings is 2. The summed E-state index contributed by atoms with van der Waals surface area (Å²) in [6.07, 6.45) is 4.55. The summed E-state index contributed by atoms with van der Waals surface area (Å²) in [5.41, 5.74) is 2.14. The molecule has 0 bridgehead atoms. The smallest absolute Gasteiger partial charge is 0.253 e. The van der Waals surface area contributed by atoms with E-state index in [-0.39, 0.29) is 18.4 Å². The van der Waals surface area contributed by atoms with Gasteiger partial charge in [-0.15, -0.1) is 0 Å². The molecule has 1 fully saturated rings. The van der Waals surface area contributed by atoms with Crippen molar-refractivity contribution in [3.63, 3.8) is 0 Å². The van der Waals surface area contributed by atoms with E-state index in [1.54, 1.807) is 24.3 Å². The van der Waals surface area contributed by atoms with Crippen LogP contribution in [0.2, 0.25) is 5.02 Å². The van der Waals surface area contributed by atoms with E-state index in [0.717, 1.165) is 31.6 Å². The largest absolute Gasteiger partial charge is 0.376 e. The van der Waals surface area contributed by atoms with Gasteiger partial charge in [-0.2, -0.15) is 0 Å². The van der Waals surface area contributed by atoms with Crippen LogP contribution in [0.1, 0.15) is 36.0 Å². The van der Waals surface area contributed by atoms with Gasteiger partial charge in [-0.3, -0.25) is 9.59 Å². The Bertz CT molecular complexity index is 784. The van der Waals surface area contributed by atoms with Crippen molar-refractivity contribution in [2.24, 2.45) is 0 Å². The van der Waals surface area contributed by atoms with Crippen LogP contribution in [0.3, 0.4) is 0 Å². The van der Waals surface area contributed by atoms with Gasteiger partial charge in [0.1, 0.15) is 0 Å².